The van der Waals surface area contributed by atoms with Crippen molar-refractivity contribution in [1.82, 2.24) is 0 Å². The Kier molecular flexibility index (Phi) is 7.31. The first-order valence-electron chi connectivity index (χ1n) is 4.56. The highest BCUT2D eigenvalue weighted by Gasteiger charge is 2.14. The molecule has 0 aliphatic rings. The van der Waals surface area contributed by atoms with Gasteiger partial charge < -0.3 is 14.4 Å². The molecule has 0 aliphatic heterocycles. The zero-order valence-corrected chi connectivity index (χ0v) is 9.83. The van der Waals surface area contributed by atoms with Gasteiger partial charge in [-0.3, -0.25) is 5.73 Å². The zero-order chi connectivity index (χ0) is 11.9. The van der Waals surface area contributed by atoms with E-state index in [1.807, 2.05) is 0 Å². The molecule has 0 bridgehead atoms. The number of carbonyl (C=O) groups is 1. The van der Waals surface area contributed by atoms with Crippen LogP contribution < -0.4 is 10.8 Å². The molecule has 2 N–H and O–H groups in total. The summed E-state index contributed by atoms with van der Waals surface area (Å²) in [6.45, 7) is 6.58. The van der Waals surface area contributed by atoms with Gasteiger partial charge in [0, 0.05) is 6.42 Å². The molecule has 14 heavy (non-hydrogen) atoms. The first kappa shape index (κ1) is 15.6. The SMILES string of the molecule is C=C(C)C(=O)[O-].CCC(N)[N+](C)(C)C. The largest absolute Gasteiger partial charge is 0.545 e. The third-order valence-corrected chi connectivity index (χ3v) is 1.76. The summed E-state index contributed by atoms with van der Waals surface area (Å²) in [6, 6.07) is 0. The van der Waals surface area contributed by atoms with Gasteiger partial charge in [0.2, 0.25) is 0 Å². The number of nitrogens with two attached hydrogens (primary N) is 1. The highest BCUT2D eigenvalue weighted by atomic mass is 16.4. The fourth-order valence-corrected chi connectivity index (χ4v) is 0.548. The number of rotatable bonds is 3. The van der Waals surface area contributed by atoms with Crippen molar-refractivity contribution in [2.45, 2.75) is 26.4 Å². The van der Waals surface area contributed by atoms with Crippen LogP contribution in [0.2, 0.25) is 0 Å². The Balaban J connectivity index is 0. The van der Waals surface area contributed by atoms with Gasteiger partial charge in [0.25, 0.3) is 0 Å². The van der Waals surface area contributed by atoms with E-state index in [0.29, 0.717) is 0 Å². The maximum absolute atomic E-state index is 9.49. The molecule has 0 aromatic rings. The molecule has 0 rings (SSSR count). The molecular formula is C10H22N2O2. The van der Waals surface area contributed by atoms with Gasteiger partial charge in [0.1, 0.15) is 6.17 Å². The molecule has 1 atom stereocenters. The molecule has 0 saturated carbocycles. The normalized spacial score (nSPS) is 12.4. The lowest BCUT2D eigenvalue weighted by molar-refractivity contribution is -0.895. The molecule has 4 nitrogen and oxygen atoms in total. The second-order valence-corrected chi connectivity index (χ2v) is 4.16. The number of nitrogens with zero attached hydrogens (tertiary/aromatic N) is 1. The van der Waals surface area contributed by atoms with Crippen LogP contribution in [0.5, 0.6) is 0 Å². The second kappa shape index (κ2) is 6.56. The molecule has 0 aliphatic carbocycles. The second-order valence-electron chi connectivity index (χ2n) is 4.16. The topological polar surface area (TPSA) is 66.1 Å². The fraction of sp³-hybridized carbons (Fsp3) is 0.700. The Labute approximate surface area is 86.6 Å². The highest BCUT2D eigenvalue weighted by Crippen LogP contribution is 1.98. The third kappa shape index (κ3) is 9.22. The molecule has 1 unspecified atom stereocenters. The van der Waals surface area contributed by atoms with Crippen LogP contribution in [-0.2, 0) is 4.79 Å². The number of quaternary nitrogens is 1. The van der Waals surface area contributed by atoms with Crippen molar-refractivity contribution in [1.29, 1.82) is 0 Å². The number of hydrogen-bond donors (Lipinski definition) is 1. The predicted octanol–water partition coefficient (Wildman–Crippen LogP) is -0.300. The van der Waals surface area contributed by atoms with Gasteiger partial charge in [-0.1, -0.05) is 13.5 Å². The number of carbonyl (C=O) groups excluding carboxylic acids is 1. The monoisotopic (exact) mass is 202 g/mol. The molecular weight excluding hydrogens is 180 g/mol. The van der Waals surface area contributed by atoms with Crippen LogP contribution in [0, 0.1) is 0 Å². The van der Waals surface area contributed by atoms with E-state index >= 15 is 0 Å². The van der Waals surface area contributed by atoms with E-state index in [1.54, 1.807) is 0 Å². The number of aliphatic carboxylic acids is 1. The van der Waals surface area contributed by atoms with Crippen molar-refractivity contribution in [3.8, 4) is 0 Å². The smallest absolute Gasteiger partial charge is 0.139 e. The Hall–Kier alpha value is -0.870. The summed E-state index contributed by atoms with van der Waals surface area (Å²) in [5.41, 5.74) is 5.79. The molecule has 0 fully saturated rings. The first-order chi connectivity index (χ1) is 6.12. The summed E-state index contributed by atoms with van der Waals surface area (Å²) in [5.74, 6) is -1.19. The molecule has 0 amide bonds. The fourth-order valence-electron chi connectivity index (χ4n) is 0.548. The minimum absolute atomic E-state index is 0.0648. The predicted molar refractivity (Wildman–Crippen MR) is 56.1 cm³/mol. The Morgan fingerprint density at radius 2 is 1.79 bits per heavy atom. The maximum Gasteiger partial charge on any atom is 0.139 e. The molecule has 0 saturated heterocycles. The first-order valence-corrected chi connectivity index (χ1v) is 4.56. The molecule has 0 aromatic heterocycles. The van der Waals surface area contributed by atoms with Crippen LogP contribution in [0.3, 0.4) is 0 Å². The Morgan fingerprint density at radius 3 is 1.79 bits per heavy atom. The Bertz CT molecular complexity index is 183. The van der Waals surface area contributed by atoms with Crippen LogP contribution in [0.1, 0.15) is 20.3 Å². The molecule has 0 spiro atoms. The lowest BCUT2D eigenvalue weighted by Gasteiger charge is -2.30. The zero-order valence-electron chi connectivity index (χ0n) is 9.83. The summed E-state index contributed by atoms with van der Waals surface area (Å²) in [4.78, 5) is 9.49. The van der Waals surface area contributed by atoms with Crippen LogP contribution in [0.15, 0.2) is 12.2 Å². The minimum Gasteiger partial charge on any atom is -0.545 e. The standard InChI is InChI=1S/C6H17N2.C4H6O2/c1-5-6(7)8(2,3)4;1-3(2)4(5)6/h6H,5,7H2,1-4H3;1H2,2H3,(H,5,6)/q+1;/p-1. The van der Waals surface area contributed by atoms with E-state index < -0.39 is 5.97 Å². The molecule has 0 heterocycles. The minimum atomic E-state index is -1.19. The highest BCUT2D eigenvalue weighted by molar-refractivity contribution is 5.82. The van der Waals surface area contributed by atoms with Crippen LogP contribution in [-0.4, -0.2) is 37.8 Å². The van der Waals surface area contributed by atoms with E-state index in [1.165, 1.54) is 6.92 Å². The van der Waals surface area contributed by atoms with Crippen LogP contribution in [0.25, 0.3) is 0 Å². The lowest BCUT2D eigenvalue weighted by atomic mass is 10.3. The van der Waals surface area contributed by atoms with E-state index in [0.717, 1.165) is 10.9 Å². The van der Waals surface area contributed by atoms with Crippen molar-refractivity contribution in [2.75, 3.05) is 21.1 Å². The van der Waals surface area contributed by atoms with E-state index in [-0.39, 0.29) is 11.7 Å². The summed E-state index contributed by atoms with van der Waals surface area (Å²) in [7, 11) is 6.32. The average molecular weight is 202 g/mol. The van der Waals surface area contributed by atoms with Gasteiger partial charge in [0.05, 0.1) is 27.1 Å². The molecule has 84 valence electrons. The lowest BCUT2D eigenvalue weighted by Crippen LogP contribution is -2.50. The summed E-state index contributed by atoms with van der Waals surface area (Å²) < 4.78 is 0.858. The Morgan fingerprint density at radius 1 is 1.50 bits per heavy atom. The number of carboxylic acid groups (broad SMARTS) is 1. The van der Waals surface area contributed by atoms with E-state index in [9.17, 15) is 9.90 Å². The molecule has 4 heteroatoms. The summed E-state index contributed by atoms with van der Waals surface area (Å²) >= 11 is 0. The van der Waals surface area contributed by atoms with Crippen molar-refractivity contribution in [3.63, 3.8) is 0 Å². The van der Waals surface area contributed by atoms with Gasteiger partial charge in [0.15, 0.2) is 0 Å². The average Bonchev–Trinajstić information content (AvgIpc) is 2.02. The molecule has 0 radical (unpaired) electrons. The van der Waals surface area contributed by atoms with Crippen molar-refractivity contribution in [3.05, 3.63) is 12.2 Å². The van der Waals surface area contributed by atoms with Gasteiger partial charge >= 0.3 is 0 Å². The van der Waals surface area contributed by atoms with Crippen molar-refractivity contribution >= 4 is 5.97 Å². The van der Waals surface area contributed by atoms with E-state index in [4.69, 9.17) is 5.73 Å². The van der Waals surface area contributed by atoms with Gasteiger partial charge in [-0.25, -0.2) is 0 Å². The third-order valence-electron chi connectivity index (χ3n) is 1.76. The van der Waals surface area contributed by atoms with Gasteiger partial charge in [-0.15, -0.1) is 0 Å². The number of carboxylic acids is 1. The van der Waals surface area contributed by atoms with E-state index in [2.05, 4.69) is 34.6 Å². The van der Waals surface area contributed by atoms with Gasteiger partial charge in [-0.05, 0) is 12.5 Å². The maximum atomic E-state index is 9.49. The number of hydrogen-bond acceptors (Lipinski definition) is 3. The van der Waals surface area contributed by atoms with Crippen molar-refractivity contribution in [2.24, 2.45) is 5.73 Å². The van der Waals surface area contributed by atoms with Gasteiger partial charge in [-0.2, -0.15) is 0 Å². The summed E-state index contributed by atoms with van der Waals surface area (Å²) in [5, 5.41) is 9.49. The molecule has 0 aromatic carbocycles. The quantitative estimate of drug-likeness (QED) is 0.388. The van der Waals surface area contributed by atoms with Crippen molar-refractivity contribution < 1.29 is 14.4 Å². The summed E-state index contributed by atoms with van der Waals surface area (Å²) in [6.07, 6.45) is 1.33. The van der Waals surface area contributed by atoms with Crippen LogP contribution >= 0.6 is 0 Å². The van der Waals surface area contributed by atoms with Crippen LogP contribution in [0.4, 0.5) is 0 Å².